The standard InChI is InChI=1S/C51H32N4S2/c1-3-13-31(14-4-1)49-52-50(32-15-5-2-6-16-32)54-51(53-49)33-25-28-44-41(29-33)47-38(19-12-24-45(47)56-44)40-21-11-20-39-37-27-26-34(30-46(37)57-48(39)40)55-42-22-9-7-17-35(42)36-18-8-10-23-43(36)55/h1-30,51H,(H,52,53,54). The van der Waals surface area contributed by atoms with Gasteiger partial charge in [-0.1, -0.05) is 140 Å². The molecule has 0 radical (unpaired) electrons. The average Bonchev–Trinajstić information content (AvgIpc) is 3.96. The number of rotatable bonds is 5. The molecule has 4 nitrogen and oxygen atoms in total. The van der Waals surface area contributed by atoms with Crippen molar-refractivity contribution in [3.63, 3.8) is 0 Å². The summed E-state index contributed by atoms with van der Waals surface area (Å²) in [6, 6.07) is 65.4. The lowest BCUT2D eigenvalue weighted by Gasteiger charge is -2.23. The Kier molecular flexibility index (Phi) is 7.30. The van der Waals surface area contributed by atoms with Crippen LogP contribution in [0.5, 0.6) is 0 Å². The molecule has 268 valence electrons. The lowest BCUT2D eigenvalue weighted by molar-refractivity contribution is 0.675. The highest BCUT2D eigenvalue weighted by Gasteiger charge is 2.23. The lowest BCUT2D eigenvalue weighted by atomic mass is 9.97. The number of aromatic nitrogens is 1. The quantitative estimate of drug-likeness (QED) is 0.186. The number of hydrogen-bond acceptors (Lipinski definition) is 5. The summed E-state index contributed by atoms with van der Waals surface area (Å²) in [5, 5.41) is 11.3. The normalized spacial score (nSPS) is 14.5. The van der Waals surface area contributed by atoms with Crippen LogP contribution in [0.4, 0.5) is 0 Å². The Labute approximate surface area is 336 Å². The van der Waals surface area contributed by atoms with Gasteiger partial charge in [0.05, 0.1) is 11.0 Å². The van der Waals surface area contributed by atoms with E-state index in [1.807, 2.05) is 46.9 Å². The fourth-order valence-corrected chi connectivity index (χ4v) is 11.0. The predicted molar refractivity (Wildman–Crippen MR) is 244 cm³/mol. The van der Waals surface area contributed by atoms with Crippen molar-refractivity contribution in [3.8, 4) is 16.8 Å². The van der Waals surface area contributed by atoms with Crippen LogP contribution >= 0.6 is 22.7 Å². The summed E-state index contributed by atoms with van der Waals surface area (Å²) >= 11 is 3.75. The lowest BCUT2D eigenvalue weighted by Crippen LogP contribution is -2.33. The van der Waals surface area contributed by atoms with Crippen molar-refractivity contribution in [3.05, 3.63) is 199 Å². The highest BCUT2D eigenvalue weighted by atomic mass is 32.1. The minimum absolute atomic E-state index is 0.297. The molecular formula is C51H32N4S2. The molecule has 11 aromatic rings. The molecule has 6 heteroatoms. The maximum atomic E-state index is 5.20. The zero-order valence-electron chi connectivity index (χ0n) is 30.6. The van der Waals surface area contributed by atoms with Crippen LogP contribution in [0.3, 0.4) is 0 Å². The second-order valence-corrected chi connectivity index (χ2v) is 16.7. The van der Waals surface area contributed by atoms with Crippen molar-refractivity contribution in [2.45, 2.75) is 6.17 Å². The van der Waals surface area contributed by atoms with Crippen LogP contribution in [0.25, 0.3) is 79.0 Å². The van der Waals surface area contributed by atoms with E-state index in [9.17, 15) is 0 Å². The van der Waals surface area contributed by atoms with E-state index in [2.05, 4.69) is 168 Å². The summed E-state index contributed by atoms with van der Waals surface area (Å²) < 4.78 is 7.55. The predicted octanol–water partition coefficient (Wildman–Crippen LogP) is 13.7. The van der Waals surface area contributed by atoms with E-state index in [-0.39, 0.29) is 6.17 Å². The van der Waals surface area contributed by atoms with Gasteiger partial charge >= 0.3 is 0 Å². The third-order valence-electron chi connectivity index (χ3n) is 11.3. The molecule has 3 aromatic heterocycles. The van der Waals surface area contributed by atoms with Crippen molar-refractivity contribution in [2.75, 3.05) is 0 Å². The number of aliphatic imine (C=N–C) groups is 2. The Bertz CT molecular complexity index is 3390. The first-order valence-electron chi connectivity index (χ1n) is 19.2. The smallest absolute Gasteiger partial charge is 0.159 e. The second-order valence-electron chi connectivity index (χ2n) is 14.6. The molecule has 1 aliphatic heterocycles. The number of nitrogens with zero attached hydrogens (tertiary/aromatic N) is 3. The molecule has 0 aliphatic carbocycles. The van der Waals surface area contributed by atoms with E-state index in [0.717, 1.165) is 28.4 Å². The molecule has 57 heavy (non-hydrogen) atoms. The molecule has 12 rings (SSSR count). The van der Waals surface area contributed by atoms with Crippen LogP contribution in [-0.2, 0) is 0 Å². The van der Waals surface area contributed by atoms with Crippen molar-refractivity contribution in [1.29, 1.82) is 0 Å². The maximum absolute atomic E-state index is 5.20. The van der Waals surface area contributed by atoms with E-state index in [4.69, 9.17) is 9.98 Å². The summed E-state index contributed by atoms with van der Waals surface area (Å²) in [5.74, 6) is 1.55. The number of thiophene rings is 2. The number of fused-ring (bicyclic) bond motifs is 9. The number of hydrogen-bond donors (Lipinski definition) is 1. The minimum Gasteiger partial charge on any atom is -0.344 e. The van der Waals surface area contributed by atoms with Crippen molar-refractivity contribution >= 4 is 96.5 Å². The number of amidine groups is 2. The van der Waals surface area contributed by atoms with Gasteiger partial charge in [0.1, 0.15) is 12.0 Å². The summed E-state index contributed by atoms with van der Waals surface area (Å²) in [7, 11) is 0. The van der Waals surface area contributed by atoms with Crippen LogP contribution in [0.1, 0.15) is 22.9 Å². The molecule has 0 spiro atoms. The monoisotopic (exact) mass is 764 g/mol. The van der Waals surface area contributed by atoms with Gasteiger partial charge in [0, 0.05) is 73.5 Å². The zero-order chi connectivity index (χ0) is 37.5. The summed E-state index contributed by atoms with van der Waals surface area (Å²) in [6.07, 6.45) is -0.297. The molecule has 0 saturated carbocycles. The fraction of sp³-hybridized carbons (Fsp3) is 0.0196. The van der Waals surface area contributed by atoms with Crippen LogP contribution in [0, 0.1) is 0 Å². The highest BCUT2D eigenvalue weighted by molar-refractivity contribution is 7.27. The minimum atomic E-state index is -0.297. The third kappa shape index (κ3) is 5.18. The van der Waals surface area contributed by atoms with Crippen LogP contribution in [0.15, 0.2) is 192 Å². The Balaban J connectivity index is 1.00. The van der Waals surface area contributed by atoms with E-state index in [1.165, 1.54) is 79.0 Å². The van der Waals surface area contributed by atoms with Gasteiger partial charge in [-0.05, 0) is 53.6 Å². The first-order chi connectivity index (χ1) is 28.2. The largest absolute Gasteiger partial charge is 0.344 e. The van der Waals surface area contributed by atoms with Gasteiger partial charge in [-0.25, -0.2) is 9.98 Å². The van der Waals surface area contributed by atoms with E-state index in [0.29, 0.717) is 0 Å². The highest BCUT2D eigenvalue weighted by Crippen LogP contribution is 2.46. The van der Waals surface area contributed by atoms with Gasteiger partial charge in [0.25, 0.3) is 0 Å². The van der Waals surface area contributed by atoms with Gasteiger partial charge < -0.3 is 9.88 Å². The number of nitrogens with one attached hydrogen (secondary N) is 1. The van der Waals surface area contributed by atoms with Crippen LogP contribution in [-0.4, -0.2) is 16.2 Å². The molecule has 0 bridgehead atoms. The van der Waals surface area contributed by atoms with Crippen LogP contribution in [0.2, 0.25) is 0 Å². The topological polar surface area (TPSA) is 41.7 Å². The van der Waals surface area contributed by atoms with E-state index < -0.39 is 0 Å². The zero-order valence-corrected chi connectivity index (χ0v) is 32.2. The second kappa shape index (κ2) is 12.8. The molecule has 0 amide bonds. The SMILES string of the molecule is c1ccc(C2=NC(c3ccc4sc5cccc(-c6cccc7c6sc6cc(-n8c9ccccc9c9ccccc98)ccc67)c5c4c3)NC(c3ccccc3)=N2)cc1. The van der Waals surface area contributed by atoms with Crippen molar-refractivity contribution in [1.82, 2.24) is 9.88 Å². The first-order valence-corrected chi connectivity index (χ1v) is 20.8. The molecule has 4 heterocycles. The first kappa shape index (κ1) is 32.4. The van der Waals surface area contributed by atoms with Crippen molar-refractivity contribution in [2.24, 2.45) is 9.98 Å². The number of benzene rings is 8. The average molecular weight is 765 g/mol. The summed E-state index contributed by atoms with van der Waals surface area (Å²) in [6.45, 7) is 0. The van der Waals surface area contributed by atoms with Gasteiger partial charge in [-0.15, -0.1) is 22.7 Å². The molecule has 0 saturated heterocycles. The Hall–Kier alpha value is -6.86. The molecule has 1 atom stereocenters. The fourth-order valence-electron chi connectivity index (χ4n) is 8.66. The third-order valence-corrected chi connectivity index (χ3v) is 13.6. The molecular weight excluding hydrogens is 733 g/mol. The van der Waals surface area contributed by atoms with Gasteiger partial charge in [-0.2, -0.15) is 0 Å². The van der Waals surface area contributed by atoms with Gasteiger partial charge in [-0.3, -0.25) is 0 Å². The molecule has 0 fully saturated rings. The molecule has 1 unspecified atom stereocenters. The van der Waals surface area contributed by atoms with Crippen LogP contribution < -0.4 is 5.32 Å². The number of para-hydroxylation sites is 2. The Morgan fingerprint density at radius 2 is 1.16 bits per heavy atom. The maximum Gasteiger partial charge on any atom is 0.159 e. The molecule has 8 aromatic carbocycles. The van der Waals surface area contributed by atoms with E-state index >= 15 is 0 Å². The van der Waals surface area contributed by atoms with Gasteiger partial charge in [0.15, 0.2) is 5.84 Å². The Morgan fingerprint density at radius 1 is 0.474 bits per heavy atom. The summed E-state index contributed by atoms with van der Waals surface area (Å²) in [5.41, 5.74) is 9.30. The van der Waals surface area contributed by atoms with Crippen molar-refractivity contribution < 1.29 is 0 Å². The Morgan fingerprint density at radius 3 is 1.95 bits per heavy atom. The molecule has 1 N–H and O–H groups in total. The van der Waals surface area contributed by atoms with Gasteiger partial charge in [0.2, 0.25) is 0 Å². The summed E-state index contributed by atoms with van der Waals surface area (Å²) in [4.78, 5) is 10.2. The molecule has 1 aliphatic rings. The van der Waals surface area contributed by atoms with E-state index in [1.54, 1.807) is 0 Å².